The molecule has 0 spiro atoms. The van der Waals surface area contributed by atoms with Crippen molar-refractivity contribution in [1.82, 2.24) is 0 Å². The summed E-state index contributed by atoms with van der Waals surface area (Å²) in [7, 11) is -3.72. The third kappa shape index (κ3) is 3.82. The van der Waals surface area contributed by atoms with E-state index in [1.807, 2.05) is 26.8 Å². The summed E-state index contributed by atoms with van der Waals surface area (Å²) < 4.78 is 27.8. The van der Waals surface area contributed by atoms with E-state index in [4.69, 9.17) is 5.26 Å². The van der Waals surface area contributed by atoms with Gasteiger partial charge < -0.3 is 5.32 Å². The average molecular weight is 329 g/mol. The smallest absolute Gasteiger partial charge is 0.261 e. The maximum Gasteiger partial charge on any atom is 0.261 e. The van der Waals surface area contributed by atoms with Crippen molar-refractivity contribution in [3.05, 3.63) is 53.1 Å². The Morgan fingerprint density at radius 2 is 1.78 bits per heavy atom. The summed E-state index contributed by atoms with van der Waals surface area (Å²) in [6.45, 7) is 6.36. The van der Waals surface area contributed by atoms with Gasteiger partial charge in [0.25, 0.3) is 10.0 Å². The molecular weight excluding hydrogens is 310 g/mol. The van der Waals surface area contributed by atoms with Crippen LogP contribution in [0, 0.1) is 25.2 Å². The average Bonchev–Trinajstić information content (AvgIpc) is 2.51. The number of hydrogen-bond acceptors (Lipinski definition) is 4. The second-order valence-corrected chi connectivity index (χ2v) is 6.94. The second-order valence-electron chi connectivity index (χ2n) is 5.25. The molecule has 0 heterocycles. The van der Waals surface area contributed by atoms with Crippen LogP contribution in [0.1, 0.15) is 23.6 Å². The molecule has 6 heteroatoms. The van der Waals surface area contributed by atoms with Gasteiger partial charge in [-0.25, -0.2) is 8.42 Å². The predicted octanol–water partition coefficient (Wildman–Crippen LogP) is 3.41. The number of aryl methyl sites for hydroxylation is 2. The number of anilines is 2. The molecule has 0 amide bonds. The van der Waals surface area contributed by atoms with E-state index in [-0.39, 0.29) is 4.90 Å². The minimum Gasteiger partial charge on any atom is -0.384 e. The normalized spacial score (nSPS) is 10.9. The van der Waals surface area contributed by atoms with Crippen molar-refractivity contribution in [2.75, 3.05) is 16.6 Å². The molecule has 2 N–H and O–H groups in total. The zero-order valence-electron chi connectivity index (χ0n) is 13.3. The van der Waals surface area contributed by atoms with Crippen molar-refractivity contribution >= 4 is 21.4 Å². The summed E-state index contributed by atoms with van der Waals surface area (Å²) in [6.07, 6.45) is 0. The van der Waals surface area contributed by atoms with Crippen LogP contribution in [0.4, 0.5) is 11.4 Å². The fraction of sp³-hybridized carbons (Fsp3) is 0.235. The maximum absolute atomic E-state index is 12.6. The lowest BCUT2D eigenvalue weighted by Gasteiger charge is -2.14. The molecule has 23 heavy (non-hydrogen) atoms. The van der Waals surface area contributed by atoms with Gasteiger partial charge in [-0.3, -0.25) is 4.72 Å². The van der Waals surface area contributed by atoms with Crippen LogP contribution in [0.2, 0.25) is 0 Å². The Morgan fingerprint density at radius 3 is 2.39 bits per heavy atom. The number of rotatable bonds is 5. The van der Waals surface area contributed by atoms with Crippen molar-refractivity contribution in [3.8, 4) is 6.07 Å². The summed E-state index contributed by atoms with van der Waals surface area (Å²) in [4.78, 5) is 0.199. The highest BCUT2D eigenvalue weighted by Crippen LogP contribution is 2.26. The monoisotopic (exact) mass is 329 g/mol. The molecule has 2 aromatic carbocycles. The molecule has 120 valence electrons. The molecule has 0 aromatic heterocycles. The second kappa shape index (κ2) is 6.71. The minimum absolute atomic E-state index is 0.199. The number of benzene rings is 2. The molecule has 0 saturated heterocycles. The highest BCUT2D eigenvalue weighted by molar-refractivity contribution is 7.92. The number of hydrogen-bond donors (Lipinski definition) is 2. The number of sulfonamides is 1. The van der Waals surface area contributed by atoms with Crippen LogP contribution in [0.5, 0.6) is 0 Å². The van der Waals surface area contributed by atoms with E-state index in [2.05, 4.69) is 10.0 Å². The van der Waals surface area contributed by atoms with Crippen LogP contribution >= 0.6 is 0 Å². The molecular formula is C17H19N3O2S. The van der Waals surface area contributed by atoms with Gasteiger partial charge in [-0.1, -0.05) is 6.07 Å². The lowest BCUT2D eigenvalue weighted by atomic mass is 10.1. The Morgan fingerprint density at radius 1 is 1.04 bits per heavy atom. The standard InChI is InChI=1S/C17H19N3O2S/c1-4-19-16-8-6-14(11-18)10-17(16)20-23(21,22)15-7-5-12(2)13(3)9-15/h5-10,19-20H,4H2,1-3H3. The van der Waals surface area contributed by atoms with Gasteiger partial charge in [-0.05, 0) is 62.2 Å². The van der Waals surface area contributed by atoms with Crippen LogP contribution in [-0.2, 0) is 10.0 Å². The first-order chi connectivity index (χ1) is 10.9. The molecule has 0 unspecified atom stereocenters. The lowest BCUT2D eigenvalue weighted by Crippen LogP contribution is -2.15. The molecule has 0 aliphatic heterocycles. The molecule has 5 nitrogen and oxygen atoms in total. The molecule has 0 saturated carbocycles. The molecule has 2 rings (SSSR count). The first kappa shape index (κ1) is 16.8. The highest BCUT2D eigenvalue weighted by Gasteiger charge is 2.17. The van der Waals surface area contributed by atoms with Crippen molar-refractivity contribution in [3.63, 3.8) is 0 Å². The quantitative estimate of drug-likeness (QED) is 0.880. The fourth-order valence-electron chi connectivity index (χ4n) is 2.13. The molecule has 0 radical (unpaired) electrons. The molecule has 0 aliphatic carbocycles. The van der Waals surface area contributed by atoms with Gasteiger partial charge in [0.05, 0.1) is 27.9 Å². The van der Waals surface area contributed by atoms with Crippen LogP contribution < -0.4 is 10.0 Å². The van der Waals surface area contributed by atoms with E-state index in [1.54, 1.807) is 30.3 Å². The Hall–Kier alpha value is -2.52. The Kier molecular flexibility index (Phi) is 4.92. The first-order valence-electron chi connectivity index (χ1n) is 7.25. The van der Waals surface area contributed by atoms with Crippen molar-refractivity contribution in [2.24, 2.45) is 0 Å². The summed E-state index contributed by atoms with van der Waals surface area (Å²) in [6, 6.07) is 11.9. The lowest BCUT2D eigenvalue weighted by molar-refractivity contribution is 0.601. The van der Waals surface area contributed by atoms with E-state index in [9.17, 15) is 8.42 Å². The third-order valence-electron chi connectivity index (χ3n) is 3.55. The topological polar surface area (TPSA) is 82.0 Å². The summed E-state index contributed by atoms with van der Waals surface area (Å²) in [5, 5.41) is 12.1. The molecule has 2 aromatic rings. The Labute approximate surface area is 137 Å². The van der Waals surface area contributed by atoms with Gasteiger partial charge in [0.1, 0.15) is 0 Å². The van der Waals surface area contributed by atoms with E-state index in [1.165, 1.54) is 6.07 Å². The van der Waals surface area contributed by atoms with Crippen LogP contribution in [-0.4, -0.2) is 15.0 Å². The summed E-state index contributed by atoms with van der Waals surface area (Å²) in [5.41, 5.74) is 3.34. The van der Waals surface area contributed by atoms with E-state index >= 15 is 0 Å². The number of nitrogens with one attached hydrogen (secondary N) is 2. The van der Waals surface area contributed by atoms with Crippen LogP contribution in [0.15, 0.2) is 41.3 Å². The molecule has 0 atom stereocenters. The van der Waals surface area contributed by atoms with Crippen molar-refractivity contribution < 1.29 is 8.42 Å². The zero-order valence-corrected chi connectivity index (χ0v) is 14.2. The van der Waals surface area contributed by atoms with E-state index in [0.717, 1.165) is 11.1 Å². The maximum atomic E-state index is 12.6. The van der Waals surface area contributed by atoms with E-state index in [0.29, 0.717) is 23.5 Å². The highest BCUT2D eigenvalue weighted by atomic mass is 32.2. The molecule has 0 aliphatic rings. The Bertz CT molecular complexity index is 868. The van der Waals surface area contributed by atoms with Gasteiger partial charge in [0, 0.05) is 6.54 Å². The third-order valence-corrected chi connectivity index (χ3v) is 4.91. The van der Waals surface area contributed by atoms with Gasteiger partial charge in [0.15, 0.2) is 0 Å². The molecule has 0 bridgehead atoms. The summed E-state index contributed by atoms with van der Waals surface area (Å²) in [5.74, 6) is 0. The Balaban J connectivity index is 2.43. The van der Waals surface area contributed by atoms with E-state index < -0.39 is 10.0 Å². The molecule has 0 fully saturated rings. The summed E-state index contributed by atoms with van der Waals surface area (Å²) >= 11 is 0. The number of nitrogens with zero attached hydrogens (tertiary/aromatic N) is 1. The van der Waals surface area contributed by atoms with Crippen molar-refractivity contribution in [2.45, 2.75) is 25.7 Å². The predicted molar refractivity (Wildman–Crippen MR) is 92.0 cm³/mol. The number of nitriles is 1. The van der Waals surface area contributed by atoms with Gasteiger partial charge in [-0.15, -0.1) is 0 Å². The van der Waals surface area contributed by atoms with Crippen LogP contribution in [0.25, 0.3) is 0 Å². The largest absolute Gasteiger partial charge is 0.384 e. The zero-order chi connectivity index (χ0) is 17.0. The first-order valence-corrected chi connectivity index (χ1v) is 8.74. The van der Waals surface area contributed by atoms with Gasteiger partial charge in [-0.2, -0.15) is 5.26 Å². The van der Waals surface area contributed by atoms with Crippen molar-refractivity contribution in [1.29, 1.82) is 5.26 Å². The fourth-order valence-corrected chi connectivity index (χ4v) is 3.28. The van der Waals surface area contributed by atoms with Gasteiger partial charge >= 0.3 is 0 Å². The van der Waals surface area contributed by atoms with Crippen LogP contribution in [0.3, 0.4) is 0 Å². The van der Waals surface area contributed by atoms with Gasteiger partial charge in [0.2, 0.25) is 0 Å². The SMILES string of the molecule is CCNc1ccc(C#N)cc1NS(=O)(=O)c1ccc(C)c(C)c1. The minimum atomic E-state index is -3.72.